The molecule has 0 aliphatic rings. The smallest absolute Gasteiger partial charge is 0.242 e. The normalized spacial score (nSPS) is 10.2. The van der Waals surface area contributed by atoms with Gasteiger partial charge in [-0.15, -0.1) is 0 Å². The number of aromatic nitrogens is 2. The molecule has 0 radical (unpaired) electrons. The van der Waals surface area contributed by atoms with Crippen molar-refractivity contribution in [3.8, 4) is 5.88 Å². The van der Waals surface area contributed by atoms with Crippen LogP contribution < -0.4 is 15.8 Å². The molecular formula is C13H15FN4O. The first kappa shape index (κ1) is 13.1. The number of hydrogen-bond acceptors (Lipinski definition) is 5. The number of ether oxygens (including phenoxy) is 1. The molecule has 0 aliphatic carbocycles. The van der Waals surface area contributed by atoms with Crippen LogP contribution in [0.3, 0.4) is 0 Å². The highest BCUT2D eigenvalue weighted by atomic mass is 19.1. The Morgan fingerprint density at radius 3 is 2.68 bits per heavy atom. The van der Waals surface area contributed by atoms with E-state index < -0.39 is 0 Å². The van der Waals surface area contributed by atoms with E-state index in [-0.39, 0.29) is 5.82 Å². The standard InChI is InChI=1S/C13H15FN4O/c1-2-19-13-11(15)12(17-8-18-13)16-7-9-3-5-10(14)6-4-9/h3-6,8H,2,7,15H2,1H3,(H,16,17,18). The van der Waals surface area contributed by atoms with Gasteiger partial charge in [-0.25, -0.2) is 9.37 Å². The summed E-state index contributed by atoms with van der Waals surface area (Å²) in [6.07, 6.45) is 1.38. The summed E-state index contributed by atoms with van der Waals surface area (Å²) in [6, 6.07) is 6.21. The Morgan fingerprint density at radius 2 is 2.00 bits per heavy atom. The maximum Gasteiger partial charge on any atom is 0.242 e. The maximum absolute atomic E-state index is 12.8. The first-order valence-corrected chi connectivity index (χ1v) is 5.92. The second-order valence-corrected chi connectivity index (χ2v) is 3.85. The molecule has 6 heteroatoms. The van der Waals surface area contributed by atoms with Crippen LogP contribution >= 0.6 is 0 Å². The molecule has 0 saturated carbocycles. The molecule has 2 rings (SSSR count). The van der Waals surface area contributed by atoms with Gasteiger partial charge in [-0.2, -0.15) is 4.98 Å². The highest BCUT2D eigenvalue weighted by molar-refractivity contribution is 5.66. The predicted molar refractivity (Wildman–Crippen MR) is 71.3 cm³/mol. The maximum atomic E-state index is 12.8. The second kappa shape index (κ2) is 5.99. The van der Waals surface area contributed by atoms with Gasteiger partial charge in [0, 0.05) is 6.54 Å². The highest BCUT2D eigenvalue weighted by Crippen LogP contribution is 2.24. The lowest BCUT2D eigenvalue weighted by molar-refractivity contribution is 0.328. The lowest BCUT2D eigenvalue weighted by atomic mass is 10.2. The number of nitrogens with two attached hydrogens (primary N) is 1. The van der Waals surface area contributed by atoms with Crippen LogP contribution in [-0.4, -0.2) is 16.6 Å². The third-order valence-corrected chi connectivity index (χ3v) is 2.50. The second-order valence-electron chi connectivity index (χ2n) is 3.85. The van der Waals surface area contributed by atoms with Crippen molar-refractivity contribution in [1.82, 2.24) is 9.97 Å². The zero-order valence-corrected chi connectivity index (χ0v) is 10.6. The molecule has 2 aromatic rings. The molecule has 3 N–H and O–H groups in total. The average Bonchev–Trinajstić information content (AvgIpc) is 2.42. The number of anilines is 2. The minimum absolute atomic E-state index is 0.260. The van der Waals surface area contributed by atoms with Gasteiger partial charge in [-0.1, -0.05) is 12.1 Å². The molecule has 0 spiro atoms. The Bertz CT molecular complexity index is 545. The summed E-state index contributed by atoms with van der Waals surface area (Å²) in [5.41, 5.74) is 7.18. The molecule has 5 nitrogen and oxygen atoms in total. The van der Waals surface area contributed by atoms with E-state index in [2.05, 4.69) is 15.3 Å². The van der Waals surface area contributed by atoms with Crippen molar-refractivity contribution in [3.63, 3.8) is 0 Å². The highest BCUT2D eigenvalue weighted by Gasteiger charge is 2.08. The Hall–Kier alpha value is -2.37. The molecule has 0 atom stereocenters. The van der Waals surface area contributed by atoms with E-state index in [1.807, 2.05) is 6.92 Å². The van der Waals surface area contributed by atoms with Gasteiger partial charge in [0.1, 0.15) is 17.8 Å². The minimum Gasteiger partial charge on any atom is -0.476 e. The van der Waals surface area contributed by atoms with Crippen LogP contribution in [0, 0.1) is 5.82 Å². The first-order chi connectivity index (χ1) is 9.20. The zero-order valence-electron chi connectivity index (χ0n) is 10.6. The Labute approximate surface area is 110 Å². The fourth-order valence-corrected chi connectivity index (χ4v) is 1.56. The SMILES string of the molecule is CCOc1ncnc(NCc2ccc(F)cc2)c1N. The lowest BCUT2D eigenvalue weighted by Gasteiger charge is -2.11. The molecule has 1 aromatic carbocycles. The van der Waals surface area contributed by atoms with Crippen molar-refractivity contribution in [2.24, 2.45) is 0 Å². The minimum atomic E-state index is -0.260. The lowest BCUT2D eigenvalue weighted by Crippen LogP contribution is -2.07. The first-order valence-electron chi connectivity index (χ1n) is 5.92. The molecule has 0 saturated heterocycles. The molecule has 0 unspecified atom stereocenters. The zero-order chi connectivity index (χ0) is 13.7. The van der Waals surface area contributed by atoms with Gasteiger partial charge < -0.3 is 15.8 Å². The Kier molecular flexibility index (Phi) is 4.12. The summed E-state index contributed by atoms with van der Waals surface area (Å²) in [5, 5.41) is 3.07. The van der Waals surface area contributed by atoms with Gasteiger partial charge in [-0.3, -0.25) is 0 Å². The third kappa shape index (κ3) is 3.31. The van der Waals surface area contributed by atoms with Crippen molar-refractivity contribution in [2.45, 2.75) is 13.5 Å². The number of benzene rings is 1. The average molecular weight is 262 g/mol. The summed E-state index contributed by atoms with van der Waals surface area (Å²) in [6.45, 7) is 2.83. The van der Waals surface area contributed by atoms with E-state index in [1.54, 1.807) is 12.1 Å². The number of nitrogens with one attached hydrogen (secondary N) is 1. The molecule has 0 bridgehead atoms. The van der Waals surface area contributed by atoms with Gasteiger partial charge >= 0.3 is 0 Å². The van der Waals surface area contributed by atoms with E-state index in [1.165, 1.54) is 18.5 Å². The molecular weight excluding hydrogens is 247 g/mol. The van der Waals surface area contributed by atoms with Crippen LogP contribution in [0.15, 0.2) is 30.6 Å². The molecule has 100 valence electrons. The Morgan fingerprint density at radius 1 is 1.26 bits per heavy atom. The van der Waals surface area contributed by atoms with Crippen LogP contribution in [0.4, 0.5) is 15.9 Å². The fraction of sp³-hybridized carbons (Fsp3) is 0.231. The molecule has 1 aromatic heterocycles. The van der Waals surface area contributed by atoms with Crippen LogP contribution in [0.25, 0.3) is 0 Å². The van der Waals surface area contributed by atoms with Gasteiger partial charge in [-0.05, 0) is 24.6 Å². The van der Waals surface area contributed by atoms with Crippen molar-refractivity contribution in [1.29, 1.82) is 0 Å². The van der Waals surface area contributed by atoms with Crippen LogP contribution in [0.5, 0.6) is 5.88 Å². The van der Waals surface area contributed by atoms with Crippen molar-refractivity contribution >= 4 is 11.5 Å². The number of nitrogens with zero attached hydrogens (tertiary/aromatic N) is 2. The topological polar surface area (TPSA) is 73.1 Å². The summed E-state index contributed by atoms with van der Waals surface area (Å²) in [5.74, 6) is 0.603. The Balaban J connectivity index is 2.07. The van der Waals surface area contributed by atoms with Crippen molar-refractivity contribution < 1.29 is 9.13 Å². The van der Waals surface area contributed by atoms with Crippen molar-refractivity contribution in [2.75, 3.05) is 17.7 Å². The summed E-state index contributed by atoms with van der Waals surface area (Å²) < 4.78 is 18.1. The quantitative estimate of drug-likeness (QED) is 0.864. The van der Waals surface area contributed by atoms with Gasteiger partial charge in [0.05, 0.1) is 6.61 Å². The summed E-state index contributed by atoms with van der Waals surface area (Å²) in [4.78, 5) is 8.00. The summed E-state index contributed by atoms with van der Waals surface area (Å²) in [7, 11) is 0. The largest absolute Gasteiger partial charge is 0.476 e. The molecule has 19 heavy (non-hydrogen) atoms. The van der Waals surface area contributed by atoms with Gasteiger partial charge in [0.25, 0.3) is 0 Å². The third-order valence-electron chi connectivity index (χ3n) is 2.50. The number of nitrogen functional groups attached to an aromatic ring is 1. The van der Waals surface area contributed by atoms with Crippen LogP contribution in [0.2, 0.25) is 0 Å². The molecule has 0 fully saturated rings. The number of rotatable bonds is 5. The van der Waals surface area contributed by atoms with Gasteiger partial charge in [0.2, 0.25) is 5.88 Å². The van der Waals surface area contributed by atoms with Crippen LogP contribution in [0.1, 0.15) is 12.5 Å². The number of halogens is 1. The van der Waals surface area contributed by atoms with E-state index in [4.69, 9.17) is 10.5 Å². The molecule has 0 aliphatic heterocycles. The fourth-order valence-electron chi connectivity index (χ4n) is 1.56. The van der Waals surface area contributed by atoms with Crippen LogP contribution in [-0.2, 0) is 6.54 Å². The van der Waals surface area contributed by atoms with Gasteiger partial charge in [0.15, 0.2) is 5.82 Å². The van der Waals surface area contributed by atoms with E-state index in [0.717, 1.165) is 5.56 Å². The van der Waals surface area contributed by atoms with E-state index in [0.29, 0.717) is 30.5 Å². The molecule has 0 amide bonds. The monoisotopic (exact) mass is 262 g/mol. The van der Waals surface area contributed by atoms with E-state index in [9.17, 15) is 4.39 Å². The predicted octanol–water partition coefficient (Wildman–Crippen LogP) is 2.21. The van der Waals surface area contributed by atoms with Crippen molar-refractivity contribution in [3.05, 3.63) is 42.0 Å². The van der Waals surface area contributed by atoms with E-state index >= 15 is 0 Å². The summed E-state index contributed by atoms with van der Waals surface area (Å²) >= 11 is 0. The number of hydrogen-bond donors (Lipinski definition) is 2. The molecule has 1 heterocycles.